The van der Waals surface area contributed by atoms with Crippen LogP contribution in [0.2, 0.25) is 0 Å². The number of nitro benzene ring substituents is 2. The Balaban J connectivity index is 1.79. The van der Waals surface area contributed by atoms with Gasteiger partial charge in [0.05, 0.1) is 28.4 Å². The molecular weight excluding hydrogens is 460 g/mol. The zero-order valence-corrected chi connectivity index (χ0v) is 18.5. The first-order valence-corrected chi connectivity index (χ1v) is 10.2. The molecule has 0 unspecified atom stereocenters. The van der Waals surface area contributed by atoms with Crippen LogP contribution in [0.25, 0.3) is 0 Å². The molecule has 4 rings (SSSR count). The number of aryl methyl sites for hydroxylation is 1. The Kier molecular flexibility index (Phi) is 5.94. The van der Waals surface area contributed by atoms with E-state index in [9.17, 15) is 25.5 Å². The van der Waals surface area contributed by atoms with Gasteiger partial charge in [0, 0.05) is 17.3 Å². The van der Waals surface area contributed by atoms with Crippen molar-refractivity contribution in [3.8, 4) is 29.2 Å². The molecular formula is C22H18N6O7. The van der Waals surface area contributed by atoms with E-state index >= 15 is 0 Å². The molecule has 0 bridgehead atoms. The van der Waals surface area contributed by atoms with Gasteiger partial charge in [-0.1, -0.05) is 6.07 Å². The number of rotatable bonds is 7. The molecule has 0 saturated heterocycles. The second-order valence-corrected chi connectivity index (χ2v) is 7.40. The molecule has 1 atom stereocenters. The molecule has 1 aliphatic heterocycles. The van der Waals surface area contributed by atoms with Gasteiger partial charge in [-0.3, -0.25) is 25.3 Å². The number of H-pyrrole nitrogens is 1. The van der Waals surface area contributed by atoms with Gasteiger partial charge in [-0.05, 0) is 37.6 Å². The molecule has 3 N–H and O–H groups in total. The fraction of sp³-hybridized carbons (Fsp3) is 0.182. The van der Waals surface area contributed by atoms with Crippen molar-refractivity contribution < 1.29 is 24.1 Å². The van der Waals surface area contributed by atoms with E-state index in [0.29, 0.717) is 16.8 Å². The van der Waals surface area contributed by atoms with Gasteiger partial charge in [-0.15, -0.1) is 5.10 Å². The lowest BCUT2D eigenvalue weighted by Gasteiger charge is -2.24. The molecule has 1 aromatic heterocycles. The number of nitriles is 1. The Morgan fingerprint density at radius 1 is 1.17 bits per heavy atom. The Morgan fingerprint density at radius 2 is 1.91 bits per heavy atom. The minimum absolute atomic E-state index is 0.0729. The summed E-state index contributed by atoms with van der Waals surface area (Å²) in [6.45, 7) is 3.78. The number of hydrogen-bond acceptors (Lipinski definition) is 10. The van der Waals surface area contributed by atoms with Gasteiger partial charge in [0.2, 0.25) is 17.5 Å². The topological polar surface area (TPSA) is 192 Å². The zero-order valence-electron chi connectivity index (χ0n) is 18.5. The molecule has 0 aliphatic carbocycles. The van der Waals surface area contributed by atoms with Gasteiger partial charge in [-0.2, -0.15) is 5.26 Å². The Labute approximate surface area is 197 Å². The highest BCUT2D eigenvalue weighted by atomic mass is 16.6. The van der Waals surface area contributed by atoms with Crippen molar-refractivity contribution in [2.24, 2.45) is 5.73 Å². The van der Waals surface area contributed by atoms with Crippen LogP contribution in [0.3, 0.4) is 0 Å². The summed E-state index contributed by atoms with van der Waals surface area (Å²) in [6, 6.07) is 9.98. The third-order valence-electron chi connectivity index (χ3n) is 5.30. The van der Waals surface area contributed by atoms with Crippen molar-refractivity contribution in [3.05, 3.63) is 84.9 Å². The quantitative estimate of drug-likeness (QED) is 0.371. The fourth-order valence-electron chi connectivity index (χ4n) is 3.76. The number of benzene rings is 2. The van der Waals surface area contributed by atoms with Crippen LogP contribution in [0, 0.1) is 38.5 Å². The van der Waals surface area contributed by atoms with E-state index in [0.717, 1.165) is 18.2 Å². The number of hydrogen-bond donors (Lipinski definition) is 2. The largest absolute Gasteiger partial charge is 0.490 e. The van der Waals surface area contributed by atoms with Crippen LogP contribution in [-0.4, -0.2) is 26.7 Å². The van der Waals surface area contributed by atoms with Crippen molar-refractivity contribution >= 4 is 11.4 Å². The van der Waals surface area contributed by atoms with E-state index in [2.05, 4.69) is 16.3 Å². The molecule has 35 heavy (non-hydrogen) atoms. The molecule has 0 fully saturated rings. The third-order valence-corrected chi connectivity index (χ3v) is 5.30. The first-order valence-electron chi connectivity index (χ1n) is 10.2. The predicted octanol–water partition coefficient (Wildman–Crippen LogP) is 3.94. The molecule has 3 aromatic rings. The molecule has 0 spiro atoms. The summed E-state index contributed by atoms with van der Waals surface area (Å²) >= 11 is 0. The van der Waals surface area contributed by atoms with Crippen molar-refractivity contribution in [2.45, 2.75) is 19.8 Å². The minimum atomic E-state index is -0.769. The maximum absolute atomic E-state index is 11.5. The average molecular weight is 478 g/mol. The minimum Gasteiger partial charge on any atom is -0.490 e. The maximum atomic E-state index is 11.5. The summed E-state index contributed by atoms with van der Waals surface area (Å²) in [7, 11) is 0. The second kappa shape index (κ2) is 9.02. The maximum Gasteiger partial charge on any atom is 0.318 e. The second-order valence-electron chi connectivity index (χ2n) is 7.40. The summed E-state index contributed by atoms with van der Waals surface area (Å²) in [5.74, 6) is -0.248. The number of nitrogens with two attached hydrogens (primary N) is 1. The van der Waals surface area contributed by atoms with Crippen molar-refractivity contribution in [3.63, 3.8) is 0 Å². The lowest BCUT2D eigenvalue weighted by molar-refractivity contribution is -0.394. The highest BCUT2D eigenvalue weighted by Crippen LogP contribution is 2.45. The van der Waals surface area contributed by atoms with Crippen LogP contribution in [-0.2, 0) is 0 Å². The van der Waals surface area contributed by atoms with E-state index in [-0.39, 0.29) is 41.2 Å². The van der Waals surface area contributed by atoms with E-state index in [1.165, 1.54) is 6.07 Å². The van der Waals surface area contributed by atoms with Gasteiger partial charge in [0.15, 0.2) is 11.5 Å². The molecule has 178 valence electrons. The van der Waals surface area contributed by atoms with Crippen LogP contribution >= 0.6 is 0 Å². The number of aromatic amines is 1. The van der Waals surface area contributed by atoms with E-state index in [4.69, 9.17) is 19.9 Å². The van der Waals surface area contributed by atoms with E-state index in [1.54, 1.807) is 26.0 Å². The lowest BCUT2D eigenvalue weighted by atomic mass is 9.84. The molecule has 13 nitrogen and oxygen atoms in total. The molecule has 0 radical (unpaired) electrons. The molecule has 1 aliphatic rings. The van der Waals surface area contributed by atoms with Crippen LogP contribution in [0.4, 0.5) is 11.4 Å². The Bertz CT molecular complexity index is 1420. The van der Waals surface area contributed by atoms with Crippen LogP contribution in [0.5, 0.6) is 23.1 Å². The zero-order chi connectivity index (χ0) is 25.3. The number of non-ortho nitro benzene ring substituents is 1. The smallest absolute Gasteiger partial charge is 0.318 e. The lowest BCUT2D eigenvalue weighted by Crippen LogP contribution is -2.21. The average Bonchev–Trinajstić information content (AvgIpc) is 3.19. The Morgan fingerprint density at radius 3 is 2.57 bits per heavy atom. The fourth-order valence-corrected chi connectivity index (χ4v) is 3.76. The summed E-state index contributed by atoms with van der Waals surface area (Å²) in [4.78, 5) is 21.0. The molecule has 13 heteroatoms. The van der Waals surface area contributed by atoms with E-state index in [1.807, 2.05) is 0 Å². The number of nitrogens with one attached hydrogen (secondary N) is 1. The molecule has 2 heterocycles. The van der Waals surface area contributed by atoms with Crippen LogP contribution < -0.4 is 19.9 Å². The number of nitro groups is 2. The van der Waals surface area contributed by atoms with E-state index < -0.39 is 27.1 Å². The van der Waals surface area contributed by atoms with Crippen LogP contribution in [0.1, 0.15) is 29.7 Å². The monoisotopic (exact) mass is 478 g/mol. The number of nitrogens with zero attached hydrogens (tertiary/aromatic N) is 4. The summed E-state index contributed by atoms with van der Waals surface area (Å²) in [5, 5.41) is 39.2. The van der Waals surface area contributed by atoms with Gasteiger partial charge in [-0.25, -0.2) is 0 Å². The van der Waals surface area contributed by atoms with Crippen LogP contribution in [0.15, 0.2) is 47.9 Å². The standard InChI is InChI=1S/C22H18N6O7/c1-3-33-18-8-12(20-14(10-23)21(24)35-22-19(20)11(2)25-26-22)4-6-17(18)34-16-7-5-13(27(29)30)9-15(16)28(31)32/h4-9,20H,3,24H2,1-2H3,(H,25,26)/t20-/m1/s1. The Hall–Kier alpha value is -5.12. The number of ether oxygens (including phenoxy) is 3. The molecule has 0 amide bonds. The highest BCUT2D eigenvalue weighted by molar-refractivity contribution is 5.59. The predicted molar refractivity (Wildman–Crippen MR) is 120 cm³/mol. The van der Waals surface area contributed by atoms with Crippen molar-refractivity contribution in [1.29, 1.82) is 5.26 Å². The van der Waals surface area contributed by atoms with Gasteiger partial charge < -0.3 is 19.9 Å². The summed E-state index contributed by atoms with van der Waals surface area (Å²) < 4.78 is 16.9. The van der Waals surface area contributed by atoms with Gasteiger partial charge >= 0.3 is 5.69 Å². The normalized spacial score (nSPS) is 14.5. The van der Waals surface area contributed by atoms with Crippen molar-refractivity contribution in [2.75, 3.05) is 6.61 Å². The molecule has 2 aromatic carbocycles. The summed E-state index contributed by atoms with van der Waals surface area (Å²) in [5.41, 5.74) is 7.07. The van der Waals surface area contributed by atoms with Crippen molar-refractivity contribution in [1.82, 2.24) is 10.2 Å². The number of aromatic nitrogens is 2. The SMILES string of the molecule is CCOc1cc([C@@H]2C(C#N)=C(N)Oc3n[nH]c(C)c32)ccc1Oc1ccc([N+](=O)[O-])cc1[N+](=O)[O-]. The summed E-state index contributed by atoms with van der Waals surface area (Å²) in [6.07, 6.45) is 0. The van der Waals surface area contributed by atoms with Gasteiger partial charge in [0.25, 0.3) is 5.69 Å². The third kappa shape index (κ3) is 4.15. The first-order chi connectivity index (χ1) is 16.7. The molecule has 0 saturated carbocycles. The number of fused-ring (bicyclic) bond motifs is 1. The van der Waals surface area contributed by atoms with Gasteiger partial charge in [0.1, 0.15) is 11.6 Å². The first kappa shape index (κ1) is 23.1. The number of allylic oxidation sites excluding steroid dienone is 1. The highest BCUT2D eigenvalue weighted by Gasteiger charge is 2.35.